The van der Waals surface area contributed by atoms with Crippen LogP contribution in [0, 0.1) is 0 Å². The molecule has 1 amide bonds. The Morgan fingerprint density at radius 1 is 0.962 bits per heavy atom. The Balaban J connectivity index is 2.92. The molecule has 2 N–H and O–H groups in total. The molecule has 1 atom stereocenters. The highest BCUT2D eigenvalue weighted by Crippen LogP contribution is 2.23. The van der Waals surface area contributed by atoms with Crippen molar-refractivity contribution in [2.75, 3.05) is 6.26 Å². The summed E-state index contributed by atoms with van der Waals surface area (Å²) in [5, 5.41) is 7.48. The Kier molecular flexibility index (Phi) is 8.72. The average Bonchev–Trinajstić information content (AvgIpc) is 2.59. The third-order valence-electron chi connectivity index (χ3n) is 4.18. The van der Waals surface area contributed by atoms with Gasteiger partial charge in [-0.2, -0.15) is 0 Å². The maximum Gasteiger partial charge on any atom is 0.262 e. The van der Waals surface area contributed by atoms with Gasteiger partial charge in [-0.1, -0.05) is 45.4 Å². The lowest BCUT2D eigenvalue weighted by Crippen LogP contribution is -2.38. The summed E-state index contributed by atoms with van der Waals surface area (Å²) in [4.78, 5) is 11.7. The molecule has 9 heteroatoms. The lowest BCUT2D eigenvalue weighted by atomic mass is 10.1. The number of hydroxylamine groups is 1. The minimum absolute atomic E-state index is 0.00414. The molecule has 1 aromatic rings. The van der Waals surface area contributed by atoms with Crippen LogP contribution in [0.2, 0.25) is 0 Å². The van der Waals surface area contributed by atoms with Crippen LogP contribution in [-0.4, -0.2) is 39.5 Å². The van der Waals surface area contributed by atoms with E-state index in [1.54, 1.807) is 0 Å². The molecule has 0 aliphatic rings. The average molecular weight is 406 g/mol. The maximum atomic E-state index is 12.7. The molecule has 0 aliphatic carbocycles. The van der Waals surface area contributed by atoms with Crippen LogP contribution in [0.5, 0.6) is 0 Å². The molecule has 0 saturated heterocycles. The third kappa shape index (κ3) is 6.37. The Morgan fingerprint density at radius 3 is 1.96 bits per heavy atom. The van der Waals surface area contributed by atoms with E-state index in [-0.39, 0.29) is 16.2 Å². The van der Waals surface area contributed by atoms with Crippen molar-refractivity contribution in [3.8, 4) is 0 Å². The summed E-state index contributed by atoms with van der Waals surface area (Å²) in [6.45, 7) is 2.10. The summed E-state index contributed by atoms with van der Waals surface area (Å²) in [5.41, 5.74) is 1.42. The van der Waals surface area contributed by atoms with Gasteiger partial charge in [-0.3, -0.25) is 10.0 Å². The van der Waals surface area contributed by atoms with Crippen molar-refractivity contribution in [2.45, 2.75) is 66.9 Å². The second-order valence-electron chi connectivity index (χ2n) is 6.31. The van der Waals surface area contributed by atoms with Crippen LogP contribution < -0.4 is 5.48 Å². The molecular weight excluding hydrogens is 378 g/mol. The van der Waals surface area contributed by atoms with Gasteiger partial charge in [0.2, 0.25) is 0 Å². The van der Waals surface area contributed by atoms with Gasteiger partial charge in [0.05, 0.1) is 9.79 Å². The fraction of sp³-hybridized carbons (Fsp3) is 0.588. The second kappa shape index (κ2) is 10.0. The Bertz CT molecular complexity index is 785. The molecule has 0 aliphatic heterocycles. The van der Waals surface area contributed by atoms with E-state index >= 15 is 0 Å². The molecule has 1 rings (SSSR count). The predicted molar refractivity (Wildman–Crippen MR) is 98.4 cm³/mol. The largest absolute Gasteiger partial charge is 0.289 e. The summed E-state index contributed by atoms with van der Waals surface area (Å²) < 4.78 is 48.4. The fourth-order valence-electron chi connectivity index (χ4n) is 2.65. The lowest BCUT2D eigenvalue weighted by Gasteiger charge is -2.16. The highest BCUT2D eigenvalue weighted by Gasteiger charge is 2.33. The first-order valence-corrected chi connectivity index (χ1v) is 12.1. The molecule has 7 nitrogen and oxygen atoms in total. The van der Waals surface area contributed by atoms with Crippen LogP contribution in [0.15, 0.2) is 34.1 Å². The minimum atomic E-state index is -4.04. The zero-order chi connectivity index (χ0) is 19.8. The van der Waals surface area contributed by atoms with Gasteiger partial charge < -0.3 is 0 Å². The van der Waals surface area contributed by atoms with Gasteiger partial charge in [-0.05, 0) is 30.7 Å². The van der Waals surface area contributed by atoms with Crippen LogP contribution in [-0.2, 0) is 24.5 Å². The molecule has 26 heavy (non-hydrogen) atoms. The SMILES string of the molecule is CCCCCCCCC(C(=O)NO)S(=O)(=O)c1ccc(S(C)(=O)=O)cc1. The highest BCUT2D eigenvalue weighted by molar-refractivity contribution is 7.93. The van der Waals surface area contributed by atoms with Gasteiger partial charge in [0.1, 0.15) is 5.25 Å². The van der Waals surface area contributed by atoms with E-state index in [2.05, 4.69) is 6.92 Å². The van der Waals surface area contributed by atoms with E-state index in [1.807, 2.05) is 0 Å². The molecule has 0 saturated carbocycles. The van der Waals surface area contributed by atoms with E-state index in [4.69, 9.17) is 5.21 Å². The zero-order valence-electron chi connectivity index (χ0n) is 15.1. The standard InChI is InChI=1S/C17H27NO6S2/c1-3-4-5-6-7-8-9-16(17(19)18-20)26(23,24)15-12-10-14(11-13-15)25(2,21)22/h10-13,16,20H,3-9H2,1-2H3,(H,18,19). The van der Waals surface area contributed by atoms with Crippen molar-refractivity contribution in [3.05, 3.63) is 24.3 Å². The number of hydrogen-bond donors (Lipinski definition) is 2. The molecule has 1 unspecified atom stereocenters. The highest BCUT2D eigenvalue weighted by atomic mass is 32.2. The first kappa shape index (κ1) is 22.6. The molecule has 1 aromatic carbocycles. The first-order valence-electron chi connectivity index (χ1n) is 8.62. The van der Waals surface area contributed by atoms with Crippen molar-refractivity contribution in [1.82, 2.24) is 5.48 Å². The van der Waals surface area contributed by atoms with Crippen LogP contribution >= 0.6 is 0 Å². The smallest absolute Gasteiger partial charge is 0.262 e. The van der Waals surface area contributed by atoms with E-state index in [9.17, 15) is 21.6 Å². The number of amides is 1. The normalized spacial score (nSPS) is 13.3. The van der Waals surface area contributed by atoms with E-state index in [0.29, 0.717) is 6.42 Å². The second-order valence-corrected chi connectivity index (χ2v) is 10.5. The monoisotopic (exact) mass is 405 g/mol. The van der Waals surface area contributed by atoms with Crippen LogP contribution in [0.4, 0.5) is 0 Å². The van der Waals surface area contributed by atoms with Gasteiger partial charge in [0.15, 0.2) is 19.7 Å². The predicted octanol–water partition coefficient (Wildman–Crippen LogP) is 2.49. The van der Waals surface area contributed by atoms with E-state index < -0.39 is 30.8 Å². The van der Waals surface area contributed by atoms with Crippen LogP contribution in [0.25, 0.3) is 0 Å². The third-order valence-corrected chi connectivity index (χ3v) is 7.43. The molecule has 0 heterocycles. The van der Waals surface area contributed by atoms with Crippen molar-refractivity contribution in [1.29, 1.82) is 0 Å². The quantitative estimate of drug-likeness (QED) is 0.332. The number of benzene rings is 1. The zero-order valence-corrected chi connectivity index (χ0v) is 16.8. The number of carbonyl (C=O) groups is 1. The number of hydrogen-bond acceptors (Lipinski definition) is 6. The number of unbranched alkanes of at least 4 members (excludes halogenated alkanes) is 5. The number of nitrogens with one attached hydrogen (secondary N) is 1. The van der Waals surface area contributed by atoms with Gasteiger partial charge >= 0.3 is 0 Å². The van der Waals surface area contributed by atoms with Crippen LogP contribution in [0.1, 0.15) is 51.9 Å². The summed E-state index contributed by atoms with van der Waals surface area (Å²) in [7, 11) is -7.48. The van der Waals surface area contributed by atoms with Crippen LogP contribution in [0.3, 0.4) is 0 Å². The molecular formula is C17H27NO6S2. The first-order chi connectivity index (χ1) is 12.1. The van der Waals surface area contributed by atoms with Gasteiger partial charge in [0.25, 0.3) is 5.91 Å². The molecule has 0 bridgehead atoms. The minimum Gasteiger partial charge on any atom is -0.289 e. The van der Waals surface area contributed by atoms with E-state index in [0.717, 1.165) is 38.4 Å². The Morgan fingerprint density at radius 2 is 1.46 bits per heavy atom. The van der Waals surface area contributed by atoms with Crippen molar-refractivity contribution >= 4 is 25.6 Å². The number of rotatable bonds is 11. The molecule has 0 radical (unpaired) electrons. The van der Waals surface area contributed by atoms with Crippen molar-refractivity contribution in [2.24, 2.45) is 0 Å². The fourth-order valence-corrected chi connectivity index (χ4v) is 4.94. The maximum absolute atomic E-state index is 12.7. The molecule has 0 fully saturated rings. The Hall–Kier alpha value is -1.45. The summed E-state index contributed by atoms with van der Waals surface area (Å²) in [5.74, 6) is -0.981. The Labute approximate surface area is 155 Å². The van der Waals surface area contributed by atoms with Gasteiger partial charge in [-0.25, -0.2) is 22.3 Å². The van der Waals surface area contributed by atoms with Gasteiger partial charge in [-0.15, -0.1) is 0 Å². The molecule has 0 aromatic heterocycles. The lowest BCUT2D eigenvalue weighted by molar-refractivity contribution is -0.128. The summed E-state index contributed by atoms with van der Waals surface area (Å²) in [6.07, 6.45) is 6.71. The molecule has 0 spiro atoms. The van der Waals surface area contributed by atoms with Crippen molar-refractivity contribution < 1.29 is 26.8 Å². The number of sulfone groups is 2. The summed E-state index contributed by atoms with van der Waals surface area (Å²) in [6, 6.07) is 4.73. The van der Waals surface area contributed by atoms with Crippen molar-refractivity contribution in [3.63, 3.8) is 0 Å². The topological polar surface area (TPSA) is 118 Å². The van der Waals surface area contributed by atoms with Gasteiger partial charge in [0, 0.05) is 6.26 Å². The summed E-state index contributed by atoms with van der Waals surface area (Å²) >= 11 is 0. The number of carbonyl (C=O) groups excluding carboxylic acids is 1. The molecule has 148 valence electrons. The van der Waals surface area contributed by atoms with E-state index in [1.165, 1.54) is 29.7 Å².